The lowest BCUT2D eigenvalue weighted by molar-refractivity contribution is 0.0366. The average molecular weight is 237 g/mol. The van der Waals surface area contributed by atoms with Crippen molar-refractivity contribution in [2.75, 3.05) is 13.6 Å². The summed E-state index contributed by atoms with van der Waals surface area (Å²) in [5.74, 6) is 1.19. The van der Waals surface area contributed by atoms with Crippen LogP contribution in [0.4, 0.5) is 0 Å². The molecule has 0 radical (unpaired) electrons. The fourth-order valence-corrected chi connectivity index (χ4v) is 2.47. The van der Waals surface area contributed by atoms with E-state index in [9.17, 15) is 0 Å². The lowest BCUT2D eigenvalue weighted by Gasteiger charge is -2.15. The monoisotopic (exact) mass is 237 g/mol. The third-order valence-corrected chi connectivity index (χ3v) is 3.30. The first-order chi connectivity index (χ1) is 8.33. The molecule has 1 fully saturated rings. The molecule has 2 atom stereocenters. The first-order valence-electron chi connectivity index (χ1n) is 6.63. The number of ether oxygens (including phenoxy) is 1. The highest BCUT2D eigenvalue weighted by molar-refractivity contribution is 4.93. The third kappa shape index (κ3) is 3.30. The summed E-state index contributed by atoms with van der Waals surface area (Å²) >= 11 is 0. The van der Waals surface area contributed by atoms with E-state index in [0.717, 1.165) is 32.4 Å². The topological polar surface area (TPSA) is 39.1 Å². The number of likely N-dealkylation sites (N-methyl/N-ethyl adjacent to an activating group) is 1. The molecule has 0 aromatic carbocycles. The molecule has 1 N–H and O–H groups in total. The van der Waals surface area contributed by atoms with Gasteiger partial charge in [0.2, 0.25) is 0 Å². The van der Waals surface area contributed by atoms with Crippen LogP contribution in [0, 0.1) is 0 Å². The zero-order valence-electron chi connectivity index (χ0n) is 10.9. The van der Waals surface area contributed by atoms with Crippen LogP contribution >= 0.6 is 0 Å². The maximum absolute atomic E-state index is 6.00. The smallest absolute Gasteiger partial charge is 0.108 e. The van der Waals surface area contributed by atoms with Crippen molar-refractivity contribution >= 4 is 0 Å². The second-order valence-electron chi connectivity index (χ2n) is 4.76. The van der Waals surface area contributed by atoms with Crippen molar-refractivity contribution in [1.29, 1.82) is 0 Å². The molecule has 0 aliphatic carbocycles. The van der Waals surface area contributed by atoms with E-state index in [0.29, 0.717) is 12.2 Å². The predicted molar refractivity (Wildman–Crippen MR) is 68.0 cm³/mol. The highest BCUT2D eigenvalue weighted by Gasteiger charge is 2.25. The molecule has 17 heavy (non-hydrogen) atoms. The van der Waals surface area contributed by atoms with E-state index in [2.05, 4.69) is 28.0 Å². The lowest BCUT2D eigenvalue weighted by Crippen LogP contribution is -2.25. The molecule has 0 saturated carbocycles. The quantitative estimate of drug-likeness (QED) is 0.817. The van der Waals surface area contributed by atoms with Crippen molar-refractivity contribution in [1.82, 2.24) is 14.9 Å². The zero-order chi connectivity index (χ0) is 12.1. The van der Waals surface area contributed by atoms with Crippen molar-refractivity contribution in [3.05, 3.63) is 18.2 Å². The van der Waals surface area contributed by atoms with E-state index < -0.39 is 0 Å². The Bertz CT molecular complexity index is 337. The summed E-state index contributed by atoms with van der Waals surface area (Å²) < 4.78 is 8.24. The van der Waals surface area contributed by atoms with E-state index in [1.54, 1.807) is 0 Å². The fraction of sp³-hybridized carbons (Fsp3) is 0.769. The molecular formula is C13H23N3O. The summed E-state index contributed by atoms with van der Waals surface area (Å²) in [4.78, 5) is 4.40. The maximum atomic E-state index is 6.00. The van der Waals surface area contributed by atoms with Gasteiger partial charge in [-0.1, -0.05) is 6.92 Å². The standard InChI is InChI=1S/C13H23N3O/c1-3-4-13-15-7-8-16(13)10-12-6-5-11(17-12)9-14-2/h7-8,11-12,14H,3-6,9-10H2,1-2H3. The van der Waals surface area contributed by atoms with E-state index in [1.165, 1.54) is 12.2 Å². The Balaban J connectivity index is 1.86. The predicted octanol–water partition coefficient (Wildman–Crippen LogP) is 1.60. The van der Waals surface area contributed by atoms with Gasteiger partial charge in [-0.25, -0.2) is 4.98 Å². The Kier molecular flexibility index (Phi) is 4.57. The average Bonchev–Trinajstić information content (AvgIpc) is 2.91. The normalized spacial score (nSPS) is 24.4. The molecule has 1 aliphatic rings. The summed E-state index contributed by atoms with van der Waals surface area (Å²) in [5, 5.41) is 3.18. The minimum absolute atomic E-state index is 0.359. The van der Waals surface area contributed by atoms with Gasteiger partial charge in [-0.2, -0.15) is 0 Å². The minimum atomic E-state index is 0.359. The van der Waals surface area contributed by atoms with Crippen molar-refractivity contribution in [2.24, 2.45) is 0 Å². The molecule has 96 valence electrons. The van der Waals surface area contributed by atoms with Gasteiger partial charge in [-0.15, -0.1) is 0 Å². The Morgan fingerprint density at radius 2 is 2.29 bits per heavy atom. The second kappa shape index (κ2) is 6.17. The highest BCUT2D eigenvalue weighted by Crippen LogP contribution is 2.21. The molecule has 1 aromatic heterocycles. The van der Waals surface area contributed by atoms with Gasteiger partial charge in [0, 0.05) is 25.4 Å². The van der Waals surface area contributed by atoms with Crippen LogP contribution in [0.5, 0.6) is 0 Å². The lowest BCUT2D eigenvalue weighted by atomic mass is 10.2. The fourth-order valence-electron chi connectivity index (χ4n) is 2.47. The van der Waals surface area contributed by atoms with Crippen molar-refractivity contribution < 1.29 is 4.74 Å². The Hall–Kier alpha value is -0.870. The second-order valence-corrected chi connectivity index (χ2v) is 4.76. The van der Waals surface area contributed by atoms with Gasteiger partial charge < -0.3 is 14.6 Å². The molecule has 0 spiro atoms. The van der Waals surface area contributed by atoms with Crippen LogP contribution in [0.1, 0.15) is 32.0 Å². The van der Waals surface area contributed by atoms with Gasteiger partial charge >= 0.3 is 0 Å². The van der Waals surface area contributed by atoms with Gasteiger partial charge in [0.15, 0.2) is 0 Å². The zero-order valence-corrected chi connectivity index (χ0v) is 10.9. The number of hydrogen-bond donors (Lipinski definition) is 1. The third-order valence-electron chi connectivity index (χ3n) is 3.30. The molecule has 4 nitrogen and oxygen atoms in total. The number of nitrogens with zero attached hydrogens (tertiary/aromatic N) is 2. The molecule has 1 aromatic rings. The number of aromatic nitrogens is 2. The Labute approximate surface area is 103 Å². The summed E-state index contributed by atoms with van der Waals surface area (Å²) in [6.45, 7) is 4.10. The molecule has 0 bridgehead atoms. The first-order valence-corrected chi connectivity index (χ1v) is 6.63. The number of rotatable bonds is 6. The summed E-state index contributed by atoms with van der Waals surface area (Å²) in [6.07, 6.45) is 9.25. The van der Waals surface area contributed by atoms with Crippen LogP contribution in [0.2, 0.25) is 0 Å². The van der Waals surface area contributed by atoms with Crippen molar-refractivity contribution in [3.63, 3.8) is 0 Å². The van der Waals surface area contributed by atoms with Crippen LogP contribution in [0.25, 0.3) is 0 Å². The van der Waals surface area contributed by atoms with E-state index in [1.807, 2.05) is 13.2 Å². The molecule has 2 unspecified atom stereocenters. The number of imidazole rings is 1. The maximum Gasteiger partial charge on any atom is 0.108 e. The van der Waals surface area contributed by atoms with Crippen molar-refractivity contribution in [3.8, 4) is 0 Å². The van der Waals surface area contributed by atoms with Gasteiger partial charge in [-0.05, 0) is 26.3 Å². The van der Waals surface area contributed by atoms with Crippen LogP contribution < -0.4 is 5.32 Å². The summed E-state index contributed by atoms with van der Waals surface area (Å²) in [6, 6.07) is 0. The number of nitrogens with one attached hydrogen (secondary N) is 1. The molecule has 0 amide bonds. The minimum Gasteiger partial charge on any atom is -0.372 e. The molecular weight excluding hydrogens is 214 g/mol. The SMILES string of the molecule is CCCc1nccn1CC1CCC(CNC)O1. The molecule has 1 aliphatic heterocycles. The number of aryl methyl sites for hydroxylation is 1. The summed E-state index contributed by atoms with van der Waals surface area (Å²) in [5.41, 5.74) is 0. The molecule has 1 saturated heterocycles. The number of hydrogen-bond acceptors (Lipinski definition) is 3. The first kappa shape index (κ1) is 12.6. The largest absolute Gasteiger partial charge is 0.372 e. The highest BCUT2D eigenvalue weighted by atomic mass is 16.5. The van der Waals surface area contributed by atoms with Crippen LogP contribution in [-0.4, -0.2) is 35.4 Å². The van der Waals surface area contributed by atoms with Crippen LogP contribution in [-0.2, 0) is 17.7 Å². The summed E-state index contributed by atoms with van der Waals surface area (Å²) in [7, 11) is 1.98. The van der Waals surface area contributed by atoms with Crippen LogP contribution in [0.3, 0.4) is 0 Å². The molecule has 2 heterocycles. The molecule has 4 heteroatoms. The Morgan fingerprint density at radius 3 is 3.06 bits per heavy atom. The van der Waals surface area contributed by atoms with E-state index >= 15 is 0 Å². The van der Waals surface area contributed by atoms with Gasteiger partial charge in [0.1, 0.15) is 5.82 Å². The Morgan fingerprint density at radius 1 is 1.47 bits per heavy atom. The van der Waals surface area contributed by atoms with E-state index in [-0.39, 0.29) is 0 Å². The van der Waals surface area contributed by atoms with Crippen molar-refractivity contribution in [2.45, 2.75) is 51.4 Å². The van der Waals surface area contributed by atoms with Gasteiger partial charge in [-0.3, -0.25) is 0 Å². The van der Waals surface area contributed by atoms with Crippen LogP contribution in [0.15, 0.2) is 12.4 Å². The van der Waals surface area contributed by atoms with Gasteiger partial charge in [0.05, 0.1) is 18.8 Å². The van der Waals surface area contributed by atoms with Gasteiger partial charge in [0.25, 0.3) is 0 Å². The van der Waals surface area contributed by atoms with E-state index in [4.69, 9.17) is 4.74 Å². The molecule has 2 rings (SSSR count).